The van der Waals surface area contributed by atoms with Gasteiger partial charge in [0.15, 0.2) is 11.6 Å². The number of halogens is 1. The lowest BCUT2D eigenvalue weighted by molar-refractivity contribution is 0.291. The van der Waals surface area contributed by atoms with E-state index >= 15 is 0 Å². The number of aromatic nitrogens is 1. The second-order valence-electron chi connectivity index (χ2n) is 5.86. The number of rotatable bonds is 9. The summed E-state index contributed by atoms with van der Waals surface area (Å²) in [6.45, 7) is 4.88. The van der Waals surface area contributed by atoms with E-state index in [-0.39, 0.29) is 5.82 Å². The molecular weight excluding hydrogens is 289 g/mol. The lowest BCUT2D eigenvalue weighted by Gasteiger charge is -2.09. The smallest absolute Gasteiger partial charge is 0.165 e. The van der Waals surface area contributed by atoms with Crippen LogP contribution in [0.1, 0.15) is 51.5 Å². The molecule has 1 aromatic heterocycles. The van der Waals surface area contributed by atoms with Crippen LogP contribution in [0.25, 0.3) is 11.3 Å². The summed E-state index contributed by atoms with van der Waals surface area (Å²) in [4.78, 5) is 4.45. The zero-order chi connectivity index (χ0) is 16.5. The van der Waals surface area contributed by atoms with E-state index in [1.807, 2.05) is 18.3 Å². The largest absolute Gasteiger partial charge is 0.491 e. The van der Waals surface area contributed by atoms with Crippen molar-refractivity contribution < 1.29 is 9.13 Å². The number of ether oxygens (including phenoxy) is 1. The molecular formula is C20H26FNO. The minimum atomic E-state index is -0.323. The van der Waals surface area contributed by atoms with E-state index in [2.05, 4.69) is 24.9 Å². The first-order valence-electron chi connectivity index (χ1n) is 8.62. The maximum Gasteiger partial charge on any atom is 0.165 e. The van der Waals surface area contributed by atoms with Gasteiger partial charge in [0.05, 0.1) is 12.3 Å². The number of benzene rings is 1. The highest BCUT2D eigenvalue weighted by Gasteiger charge is 2.07. The molecule has 0 N–H and O–H groups in total. The van der Waals surface area contributed by atoms with E-state index in [9.17, 15) is 4.39 Å². The van der Waals surface area contributed by atoms with Crippen LogP contribution in [0.3, 0.4) is 0 Å². The lowest BCUT2D eigenvalue weighted by atomic mass is 10.1. The highest BCUT2D eigenvalue weighted by molar-refractivity contribution is 5.60. The Balaban J connectivity index is 2.01. The molecule has 0 fully saturated rings. The first-order chi connectivity index (χ1) is 11.2. The van der Waals surface area contributed by atoms with Gasteiger partial charge < -0.3 is 4.74 Å². The SMILES string of the molecule is CCCCCOc1ccc(-c2ccc(CCCC)cn2)cc1F. The van der Waals surface area contributed by atoms with E-state index in [0.717, 1.165) is 36.9 Å². The third-order valence-electron chi connectivity index (χ3n) is 3.88. The molecule has 2 rings (SSSR count). The Kier molecular flexibility index (Phi) is 7.05. The van der Waals surface area contributed by atoms with Gasteiger partial charge in [-0.2, -0.15) is 0 Å². The number of unbranched alkanes of at least 4 members (excludes halogenated alkanes) is 3. The van der Waals surface area contributed by atoms with Crippen molar-refractivity contribution in [2.24, 2.45) is 0 Å². The molecule has 0 bridgehead atoms. The van der Waals surface area contributed by atoms with E-state index in [4.69, 9.17) is 4.74 Å². The number of pyridine rings is 1. The van der Waals surface area contributed by atoms with Gasteiger partial charge in [0, 0.05) is 11.8 Å². The first kappa shape index (κ1) is 17.5. The summed E-state index contributed by atoms with van der Waals surface area (Å²) < 4.78 is 19.6. The van der Waals surface area contributed by atoms with E-state index < -0.39 is 0 Å². The van der Waals surface area contributed by atoms with Crippen molar-refractivity contribution >= 4 is 0 Å². The monoisotopic (exact) mass is 315 g/mol. The molecule has 0 spiro atoms. The fourth-order valence-electron chi connectivity index (χ4n) is 2.44. The zero-order valence-corrected chi connectivity index (χ0v) is 14.1. The minimum Gasteiger partial charge on any atom is -0.491 e. The van der Waals surface area contributed by atoms with E-state index in [1.165, 1.54) is 24.5 Å². The normalized spacial score (nSPS) is 10.7. The van der Waals surface area contributed by atoms with Crippen LogP contribution in [0.2, 0.25) is 0 Å². The second kappa shape index (κ2) is 9.29. The quantitative estimate of drug-likeness (QED) is 0.546. The van der Waals surface area contributed by atoms with Gasteiger partial charge in [-0.1, -0.05) is 39.2 Å². The van der Waals surface area contributed by atoms with Gasteiger partial charge in [0.2, 0.25) is 0 Å². The van der Waals surface area contributed by atoms with Gasteiger partial charge in [-0.05, 0) is 49.1 Å². The summed E-state index contributed by atoms with van der Waals surface area (Å²) >= 11 is 0. The van der Waals surface area contributed by atoms with Gasteiger partial charge in [-0.3, -0.25) is 4.98 Å². The van der Waals surface area contributed by atoms with Crippen molar-refractivity contribution in [2.75, 3.05) is 6.61 Å². The Morgan fingerprint density at radius 1 is 1.00 bits per heavy atom. The highest BCUT2D eigenvalue weighted by Crippen LogP contribution is 2.25. The molecule has 23 heavy (non-hydrogen) atoms. The number of hydrogen-bond donors (Lipinski definition) is 0. The summed E-state index contributed by atoms with van der Waals surface area (Å²) in [6.07, 6.45) is 8.46. The molecule has 2 nitrogen and oxygen atoms in total. The fraction of sp³-hybridized carbons (Fsp3) is 0.450. The van der Waals surface area contributed by atoms with E-state index in [1.54, 1.807) is 6.07 Å². The van der Waals surface area contributed by atoms with Crippen LogP contribution in [0.15, 0.2) is 36.5 Å². The molecule has 0 saturated heterocycles. The molecule has 124 valence electrons. The molecule has 0 unspecified atom stereocenters. The van der Waals surface area contributed by atoms with Crippen molar-refractivity contribution in [1.82, 2.24) is 4.98 Å². The summed E-state index contributed by atoms with van der Waals surface area (Å²) in [7, 11) is 0. The molecule has 0 saturated carbocycles. The minimum absolute atomic E-state index is 0.323. The zero-order valence-electron chi connectivity index (χ0n) is 14.1. The summed E-state index contributed by atoms with van der Waals surface area (Å²) in [5.41, 5.74) is 2.80. The fourth-order valence-corrected chi connectivity index (χ4v) is 2.44. The Labute approximate surface area is 138 Å². The molecule has 1 heterocycles. The molecule has 0 radical (unpaired) electrons. The van der Waals surface area contributed by atoms with Crippen molar-refractivity contribution in [2.45, 2.75) is 52.4 Å². The van der Waals surface area contributed by atoms with Gasteiger partial charge in [0.1, 0.15) is 0 Å². The molecule has 0 atom stereocenters. The van der Waals surface area contributed by atoms with Crippen molar-refractivity contribution in [1.29, 1.82) is 0 Å². The van der Waals surface area contributed by atoms with Crippen molar-refractivity contribution in [3.05, 3.63) is 47.9 Å². The summed E-state index contributed by atoms with van der Waals surface area (Å²) in [5, 5.41) is 0. The molecule has 0 aliphatic rings. The molecule has 0 aliphatic heterocycles. The molecule has 1 aromatic carbocycles. The topological polar surface area (TPSA) is 22.1 Å². The van der Waals surface area contributed by atoms with Crippen LogP contribution in [-0.2, 0) is 6.42 Å². The Bertz CT molecular complexity index is 595. The van der Waals surface area contributed by atoms with Crippen LogP contribution in [-0.4, -0.2) is 11.6 Å². The maximum absolute atomic E-state index is 14.1. The van der Waals surface area contributed by atoms with Crippen LogP contribution >= 0.6 is 0 Å². The average Bonchev–Trinajstić information content (AvgIpc) is 2.58. The Morgan fingerprint density at radius 2 is 1.83 bits per heavy atom. The second-order valence-corrected chi connectivity index (χ2v) is 5.86. The Hall–Kier alpha value is -1.90. The van der Waals surface area contributed by atoms with Crippen LogP contribution in [0, 0.1) is 5.82 Å². The van der Waals surface area contributed by atoms with Crippen LogP contribution in [0.4, 0.5) is 4.39 Å². The van der Waals surface area contributed by atoms with Crippen LogP contribution in [0.5, 0.6) is 5.75 Å². The summed E-state index contributed by atoms with van der Waals surface area (Å²) in [5.74, 6) is 0.000256. The highest BCUT2D eigenvalue weighted by atomic mass is 19.1. The van der Waals surface area contributed by atoms with Gasteiger partial charge >= 0.3 is 0 Å². The average molecular weight is 315 g/mol. The van der Waals surface area contributed by atoms with Gasteiger partial charge in [0.25, 0.3) is 0 Å². The standard InChI is InChI=1S/C20H26FNO/c1-3-5-7-13-23-20-12-10-17(14-18(20)21)19-11-9-16(15-22-19)8-6-4-2/h9-12,14-15H,3-8,13H2,1-2H3. The van der Waals surface area contributed by atoms with Crippen LogP contribution < -0.4 is 4.74 Å². The van der Waals surface area contributed by atoms with Gasteiger partial charge in [-0.15, -0.1) is 0 Å². The molecule has 0 aliphatic carbocycles. The van der Waals surface area contributed by atoms with Crippen molar-refractivity contribution in [3.8, 4) is 17.0 Å². The number of aryl methyl sites for hydroxylation is 1. The predicted octanol–water partition coefficient (Wildman–Crippen LogP) is 5.80. The number of hydrogen-bond acceptors (Lipinski definition) is 2. The lowest BCUT2D eigenvalue weighted by Crippen LogP contribution is -1.99. The molecule has 3 heteroatoms. The number of nitrogens with zero attached hydrogens (tertiary/aromatic N) is 1. The first-order valence-corrected chi connectivity index (χ1v) is 8.62. The molecule has 2 aromatic rings. The predicted molar refractivity (Wildman–Crippen MR) is 93.3 cm³/mol. The molecule has 0 amide bonds. The maximum atomic E-state index is 14.1. The third-order valence-corrected chi connectivity index (χ3v) is 3.88. The van der Waals surface area contributed by atoms with E-state index in [0.29, 0.717) is 12.4 Å². The van der Waals surface area contributed by atoms with Gasteiger partial charge in [-0.25, -0.2) is 4.39 Å². The summed E-state index contributed by atoms with van der Waals surface area (Å²) in [6, 6.07) is 9.10. The third kappa shape index (κ3) is 5.34. The Morgan fingerprint density at radius 3 is 2.48 bits per heavy atom. The van der Waals surface area contributed by atoms with Crippen molar-refractivity contribution in [3.63, 3.8) is 0 Å².